The summed E-state index contributed by atoms with van der Waals surface area (Å²) >= 11 is 0. The van der Waals surface area contributed by atoms with E-state index in [0.29, 0.717) is 18.1 Å². The van der Waals surface area contributed by atoms with Gasteiger partial charge in [-0.05, 0) is 25.3 Å². The SMILES string of the molecule is c1cc(N2C[C@@H]3C[C@H]2CO3)nc(C2CC2)n1. The van der Waals surface area contributed by atoms with E-state index < -0.39 is 0 Å². The van der Waals surface area contributed by atoms with Crippen LogP contribution in [0.3, 0.4) is 0 Å². The molecule has 0 aromatic carbocycles. The molecule has 0 unspecified atom stereocenters. The van der Waals surface area contributed by atoms with Gasteiger partial charge in [-0.25, -0.2) is 9.97 Å². The van der Waals surface area contributed by atoms with Crippen molar-refractivity contribution in [2.24, 2.45) is 0 Å². The Morgan fingerprint density at radius 3 is 3.00 bits per heavy atom. The van der Waals surface area contributed by atoms with Crippen molar-refractivity contribution >= 4 is 5.82 Å². The Bertz CT molecular complexity index is 418. The van der Waals surface area contributed by atoms with Gasteiger partial charge < -0.3 is 9.64 Å². The molecule has 1 aromatic rings. The smallest absolute Gasteiger partial charge is 0.133 e. The van der Waals surface area contributed by atoms with Crippen LogP contribution in [0, 0.1) is 0 Å². The number of rotatable bonds is 2. The fraction of sp³-hybridized carbons (Fsp3) is 0.667. The minimum Gasteiger partial charge on any atom is -0.374 e. The number of hydrogen-bond donors (Lipinski definition) is 0. The zero-order valence-corrected chi connectivity index (χ0v) is 9.17. The van der Waals surface area contributed by atoms with Crippen LogP contribution < -0.4 is 4.90 Å². The Balaban J connectivity index is 1.64. The lowest BCUT2D eigenvalue weighted by atomic mass is 10.2. The molecule has 4 nitrogen and oxygen atoms in total. The predicted octanol–water partition coefficient (Wildman–Crippen LogP) is 1.33. The van der Waals surface area contributed by atoms with Gasteiger partial charge >= 0.3 is 0 Å². The molecule has 84 valence electrons. The third-order valence-corrected chi connectivity index (χ3v) is 3.80. The molecule has 2 atom stereocenters. The van der Waals surface area contributed by atoms with Crippen LogP contribution in [0.25, 0.3) is 0 Å². The van der Waals surface area contributed by atoms with Crippen LogP contribution in [0.4, 0.5) is 5.82 Å². The van der Waals surface area contributed by atoms with Gasteiger partial charge in [0.1, 0.15) is 11.6 Å². The summed E-state index contributed by atoms with van der Waals surface area (Å²) < 4.78 is 5.61. The first-order chi connectivity index (χ1) is 7.90. The van der Waals surface area contributed by atoms with Crippen LogP contribution in [0.5, 0.6) is 0 Å². The molecule has 3 heterocycles. The Hall–Kier alpha value is -1.16. The van der Waals surface area contributed by atoms with Crippen molar-refractivity contribution in [3.63, 3.8) is 0 Å². The van der Waals surface area contributed by atoms with Crippen LogP contribution in [0.2, 0.25) is 0 Å². The molecule has 2 aliphatic heterocycles. The van der Waals surface area contributed by atoms with E-state index in [-0.39, 0.29) is 0 Å². The van der Waals surface area contributed by atoms with Crippen LogP contribution in [-0.2, 0) is 4.74 Å². The number of nitrogens with zero attached hydrogens (tertiary/aromatic N) is 3. The summed E-state index contributed by atoms with van der Waals surface area (Å²) in [6.45, 7) is 1.87. The van der Waals surface area contributed by atoms with Crippen molar-refractivity contribution in [2.75, 3.05) is 18.1 Å². The molecule has 2 bridgehead atoms. The first-order valence-electron chi connectivity index (χ1n) is 6.11. The second-order valence-corrected chi connectivity index (χ2v) is 5.04. The quantitative estimate of drug-likeness (QED) is 0.749. The molecule has 2 saturated heterocycles. The van der Waals surface area contributed by atoms with E-state index in [0.717, 1.165) is 24.8 Å². The third kappa shape index (κ3) is 1.33. The Morgan fingerprint density at radius 2 is 2.31 bits per heavy atom. The second kappa shape index (κ2) is 3.17. The molecule has 1 aromatic heterocycles. The first kappa shape index (κ1) is 8.93. The Kier molecular flexibility index (Phi) is 1.77. The van der Waals surface area contributed by atoms with Gasteiger partial charge in [0, 0.05) is 18.7 Å². The number of ether oxygens (including phenoxy) is 1. The van der Waals surface area contributed by atoms with Crippen molar-refractivity contribution in [3.8, 4) is 0 Å². The van der Waals surface area contributed by atoms with Crippen LogP contribution in [0.15, 0.2) is 12.3 Å². The summed E-state index contributed by atoms with van der Waals surface area (Å²) in [5, 5.41) is 0. The van der Waals surface area contributed by atoms with Crippen LogP contribution >= 0.6 is 0 Å². The van der Waals surface area contributed by atoms with Crippen LogP contribution in [-0.4, -0.2) is 35.3 Å². The van der Waals surface area contributed by atoms with Gasteiger partial charge in [-0.1, -0.05) is 0 Å². The van der Waals surface area contributed by atoms with E-state index in [1.807, 2.05) is 12.3 Å². The lowest BCUT2D eigenvalue weighted by molar-refractivity contribution is 0.0988. The predicted molar refractivity (Wildman–Crippen MR) is 59.5 cm³/mol. The molecule has 1 aliphatic carbocycles. The molecule has 0 amide bonds. The van der Waals surface area contributed by atoms with E-state index in [2.05, 4.69) is 9.88 Å². The maximum atomic E-state index is 5.61. The molecule has 0 radical (unpaired) electrons. The highest BCUT2D eigenvalue weighted by Gasteiger charge is 2.40. The maximum absolute atomic E-state index is 5.61. The summed E-state index contributed by atoms with van der Waals surface area (Å²) in [6, 6.07) is 2.58. The summed E-state index contributed by atoms with van der Waals surface area (Å²) in [4.78, 5) is 11.5. The fourth-order valence-electron chi connectivity index (χ4n) is 2.74. The van der Waals surface area contributed by atoms with Gasteiger partial charge in [0.05, 0.1) is 18.8 Å². The maximum Gasteiger partial charge on any atom is 0.133 e. The molecule has 3 fully saturated rings. The standard InChI is InChI=1S/C12H15N3O/c1-2-8(1)12-13-4-3-11(14-12)15-6-10-5-9(15)7-16-10/h3-4,8-10H,1-2,5-7H2/t9-,10-/m0/s1. The van der Waals surface area contributed by atoms with Gasteiger partial charge in [-0.2, -0.15) is 0 Å². The molecule has 1 saturated carbocycles. The van der Waals surface area contributed by atoms with E-state index in [1.54, 1.807) is 0 Å². The second-order valence-electron chi connectivity index (χ2n) is 5.04. The zero-order valence-electron chi connectivity index (χ0n) is 9.17. The normalized spacial score (nSPS) is 32.4. The number of hydrogen-bond acceptors (Lipinski definition) is 4. The van der Waals surface area contributed by atoms with Gasteiger partial charge in [0.2, 0.25) is 0 Å². The average molecular weight is 217 g/mol. The largest absolute Gasteiger partial charge is 0.374 e. The topological polar surface area (TPSA) is 38.2 Å². The Labute approximate surface area is 94.6 Å². The number of morpholine rings is 1. The van der Waals surface area contributed by atoms with Crippen molar-refractivity contribution in [1.29, 1.82) is 0 Å². The first-order valence-corrected chi connectivity index (χ1v) is 6.11. The zero-order chi connectivity index (χ0) is 10.5. The summed E-state index contributed by atoms with van der Waals surface area (Å²) in [6.07, 6.45) is 6.03. The molecule has 0 spiro atoms. The monoisotopic (exact) mass is 217 g/mol. The summed E-state index contributed by atoms with van der Waals surface area (Å²) in [5.74, 6) is 2.78. The van der Waals surface area contributed by atoms with Gasteiger partial charge in [-0.3, -0.25) is 0 Å². The van der Waals surface area contributed by atoms with E-state index in [9.17, 15) is 0 Å². The molecule has 4 rings (SSSR count). The molecule has 3 aliphatic rings. The lowest BCUT2D eigenvalue weighted by Gasteiger charge is -2.27. The highest BCUT2D eigenvalue weighted by molar-refractivity contribution is 5.42. The van der Waals surface area contributed by atoms with Gasteiger partial charge in [0.15, 0.2) is 0 Å². The van der Waals surface area contributed by atoms with Gasteiger partial charge in [0.25, 0.3) is 0 Å². The number of anilines is 1. The van der Waals surface area contributed by atoms with Crippen molar-refractivity contribution in [3.05, 3.63) is 18.1 Å². The van der Waals surface area contributed by atoms with Crippen molar-refractivity contribution in [2.45, 2.75) is 37.3 Å². The minimum atomic E-state index is 0.435. The molecule has 16 heavy (non-hydrogen) atoms. The third-order valence-electron chi connectivity index (χ3n) is 3.80. The number of aromatic nitrogens is 2. The highest BCUT2D eigenvalue weighted by atomic mass is 16.5. The molecular formula is C12H15N3O. The summed E-state index contributed by atoms with van der Waals surface area (Å²) in [5.41, 5.74) is 0. The lowest BCUT2D eigenvalue weighted by Crippen LogP contribution is -2.37. The van der Waals surface area contributed by atoms with E-state index in [4.69, 9.17) is 9.72 Å². The van der Waals surface area contributed by atoms with Crippen LogP contribution in [0.1, 0.15) is 31.0 Å². The van der Waals surface area contributed by atoms with Gasteiger partial charge in [-0.15, -0.1) is 0 Å². The average Bonchev–Trinajstić information content (AvgIpc) is 2.98. The number of fused-ring (bicyclic) bond motifs is 2. The summed E-state index contributed by atoms with van der Waals surface area (Å²) in [7, 11) is 0. The van der Waals surface area contributed by atoms with Crippen molar-refractivity contribution in [1.82, 2.24) is 9.97 Å². The minimum absolute atomic E-state index is 0.435. The molecule has 4 heteroatoms. The van der Waals surface area contributed by atoms with E-state index >= 15 is 0 Å². The van der Waals surface area contributed by atoms with Crippen molar-refractivity contribution < 1.29 is 4.74 Å². The Morgan fingerprint density at radius 1 is 1.38 bits per heavy atom. The molecule has 0 N–H and O–H groups in total. The highest BCUT2D eigenvalue weighted by Crippen LogP contribution is 2.39. The molecular weight excluding hydrogens is 202 g/mol. The van der Waals surface area contributed by atoms with E-state index in [1.165, 1.54) is 19.3 Å². The fourth-order valence-corrected chi connectivity index (χ4v) is 2.74.